The minimum absolute atomic E-state index is 0.0480. The first-order chi connectivity index (χ1) is 11.6. The number of rotatable bonds is 5. The van der Waals surface area contributed by atoms with Crippen molar-refractivity contribution in [2.75, 3.05) is 14.2 Å². The van der Waals surface area contributed by atoms with E-state index in [9.17, 15) is 4.79 Å². The topological polar surface area (TPSA) is 42.4 Å². The van der Waals surface area contributed by atoms with E-state index in [-0.39, 0.29) is 11.9 Å². The van der Waals surface area contributed by atoms with E-state index in [1.165, 1.54) is 0 Å². The van der Waals surface area contributed by atoms with Gasteiger partial charge in [-0.25, -0.2) is 4.98 Å². The third-order valence-corrected chi connectivity index (χ3v) is 5.36. The lowest BCUT2D eigenvalue weighted by molar-refractivity contribution is -0.131. The summed E-state index contributed by atoms with van der Waals surface area (Å²) in [5.74, 6) is 0.870. The van der Waals surface area contributed by atoms with Crippen molar-refractivity contribution in [1.29, 1.82) is 0 Å². The summed E-state index contributed by atoms with van der Waals surface area (Å²) in [6, 6.07) is 15.6. The first-order valence-corrected chi connectivity index (χ1v) is 8.64. The van der Waals surface area contributed by atoms with Gasteiger partial charge < -0.3 is 9.64 Å². The summed E-state index contributed by atoms with van der Waals surface area (Å²) in [6.45, 7) is 2.02. The molecule has 0 unspecified atom stereocenters. The summed E-state index contributed by atoms with van der Waals surface area (Å²) >= 11 is 1.64. The maximum Gasteiger partial charge on any atom is 0.227 e. The summed E-state index contributed by atoms with van der Waals surface area (Å²) in [4.78, 5) is 19.0. The first kappa shape index (κ1) is 16.5. The molecule has 24 heavy (non-hydrogen) atoms. The molecule has 0 fully saturated rings. The van der Waals surface area contributed by atoms with Crippen molar-refractivity contribution >= 4 is 27.5 Å². The number of methoxy groups -OCH3 is 1. The minimum Gasteiger partial charge on any atom is -0.497 e. The van der Waals surface area contributed by atoms with Gasteiger partial charge in [-0.3, -0.25) is 4.79 Å². The maximum atomic E-state index is 12.6. The summed E-state index contributed by atoms with van der Waals surface area (Å²) < 4.78 is 6.29. The predicted octanol–water partition coefficient (Wildman–Crippen LogP) is 4.07. The standard InChI is InChI=1S/C19H20N2O2S/c1-13(19-20-16-6-4-5-7-17(16)24-19)21(2)18(22)12-14-8-10-15(23-3)11-9-14/h4-11,13H,12H2,1-3H3/t13-/m0/s1. The van der Waals surface area contributed by atoms with Crippen molar-refractivity contribution in [3.8, 4) is 5.75 Å². The average molecular weight is 340 g/mol. The van der Waals surface area contributed by atoms with Crippen molar-refractivity contribution in [2.24, 2.45) is 0 Å². The van der Waals surface area contributed by atoms with E-state index in [0.29, 0.717) is 6.42 Å². The number of hydrogen-bond acceptors (Lipinski definition) is 4. The number of aromatic nitrogens is 1. The molecule has 3 rings (SSSR count). The SMILES string of the molecule is COc1ccc(CC(=O)N(C)[C@@H](C)c2nc3ccccc3s2)cc1. The molecule has 1 aromatic heterocycles. The molecule has 1 heterocycles. The molecular weight excluding hydrogens is 320 g/mol. The number of ether oxygens (including phenoxy) is 1. The molecule has 0 radical (unpaired) electrons. The Morgan fingerprint density at radius 3 is 2.58 bits per heavy atom. The molecule has 0 bridgehead atoms. The van der Waals surface area contributed by atoms with Crippen molar-refractivity contribution in [2.45, 2.75) is 19.4 Å². The highest BCUT2D eigenvalue weighted by Crippen LogP contribution is 2.29. The number of amides is 1. The van der Waals surface area contributed by atoms with Gasteiger partial charge in [0.25, 0.3) is 0 Å². The lowest BCUT2D eigenvalue weighted by atomic mass is 10.1. The van der Waals surface area contributed by atoms with Gasteiger partial charge >= 0.3 is 0 Å². The smallest absolute Gasteiger partial charge is 0.227 e. The van der Waals surface area contributed by atoms with Crippen molar-refractivity contribution in [3.05, 3.63) is 59.1 Å². The third-order valence-electron chi connectivity index (χ3n) is 4.16. The monoisotopic (exact) mass is 340 g/mol. The fraction of sp³-hybridized carbons (Fsp3) is 0.263. The van der Waals surface area contributed by atoms with Crippen LogP contribution in [0.5, 0.6) is 5.75 Å². The largest absolute Gasteiger partial charge is 0.497 e. The molecule has 0 aliphatic carbocycles. The Bertz CT molecular complexity index is 809. The minimum atomic E-state index is -0.0480. The van der Waals surface area contributed by atoms with E-state index in [4.69, 9.17) is 4.74 Å². The zero-order chi connectivity index (χ0) is 17.1. The number of likely N-dealkylation sites (N-methyl/N-ethyl adjacent to an activating group) is 1. The Morgan fingerprint density at radius 1 is 1.21 bits per heavy atom. The van der Waals surface area contributed by atoms with Gasteiger partial charge in [0, 0.05) is 7.05 Å². The van der Waals surface area contributed by atoms with Crippen LogP contribution in [0.25, 0.3) is 10.2 Å². The molecule has 5 heteroatoms. The lowest BCUT2D eigenvalue weighted by Gasteiger charge is -2.23. The van der Waals surface area contributed by atoms with Crippen LogP contribution >= 0.6 is 11.3 Å². The van der Waals surface area contributed by atoms with Gasteiger partial charge in [-0.2, -0.15) is 0 Å². The highest BCUT2D eigenvalue weighted by atomic mass is 32.1. The number of fused-ring (bicyclic) bond motifs is 1. The zero-order valence-corrected chi connectivity index (χ0v) is 14.8. The maximum absolute atomic E-state index is 12.6. The highest BCUT2D eigenvalue weighted by molar-refractivity contribution is 7.18. The number of nitrogens with zero attached hydrogens (tertiary/aromatic N) is 2. The number of carbonyl (C=O) groups is 1. The first-order valence-electron chi connectivity index (χ1n) is 7.82. The molecule has 0 saturated carbocycles. The fourth-order valence-electron chi connectivity index (χ4n) is 2.49. The molecule has 0 spiro atoms. The normalized spacial score (nSPS) is 12.1. The van der Waals surface area contributed by atoms with Crippen LogP contribution in [0.2, 0.25) is 0 Å². The second kappa shape index (κ2) is 7.01. The van der Waals surface area contributed by atoms with Crippen molar-refractivity contribution in [3.63, 3.8) is 0 Å². The van der Waals surface area contributed by atoms with E-state index >= 15 is 0 Å². The van der Waals surface area contributed by atoms with E-state index < -0.39 is 0 Å². The highest BCUT2D eigenvalue weighted by Gasteiger charge is 2.20. The van der Waals surface area contributed by atoms with Crippen LogP contribution in [0.15, 0.2) is 48.5 Å². The Hall–Kier alpha value is -2.40. The summed E-state index contributed by atoms with van der Waals surface area (Å²) in [7, 11) is 3.47. The van der Waals surface area contributed by atoms with Crippen LogP contribution in [0.1, 0.15) is 23.5 Å². The van der Waals surface area contributed by atoms with Gasteiger partial charge in [-0.05, 0) is 36.8 Å². The zero-order valence-electron chi connectivity index (χ0n) is 14.0. The molecule has 1 atom stereocenters. The number of benzene rings is 2. The van der Waals surface area contributed by atoms with Gasteiger partial charge in [0.05, 0.1) is 29.8 Å². The van der Waals surface area contributed by atoms with Crippen LogP contribution < -0.4 is 4.74 Å². The van der Waals surface area contributed by atoms with Gasteiger partial charge in [-0.15, -0.1) is 11.3 Å². The Kier molecular flexibility index (Phi) is 4.81. The molecule has 1 amide bonds. The van der Waals surface area contributed by atoms with Crippen LogP contribution in [0.4, 0.5) is 0 Å². The number of carbonyl (C=O) groups excluding carboxylic acids is 1. The second-order valence-electron chi connectivity index (χ2n) is 5.73. The second-order valence-corrected chi connectivity index (χ2v) is 6.79. The molecule has 2 aromatic carbocycles. The van der Waals surface area contributed by atoms with E-state index in [1.807, 2.05) is 56.4 Å². The lowest BCUT2D eigenvalue weighted by Crippen LogP contribution is -2.30. The third kappa shape index (κ3) is 3.41. The summed E-state index contributed by atoms with van der Waals surface area (Å²) in [6.07, 6.45) is 0.371. The number of hydrogen-bond donors (Lipinski definition) is 0. The Morgan fingerprint density at radius 2 is 1.92 bits per heavy atom. The van der Waals surface area contributed by atoms with Gasteiger partial charge in [0.2, 0.25) is 5.91 Å². The molecular formula is C19H20N2O2S. The van der Waals surface area contributed by atoms with E-state index in [2.05, 4.69) is 11.1 Å². The van der Waals surface area contributed by atoms with Gasteiger partial charge in [0.1, 0.15) is 10.8 Å². The molecule has 0 N–H and O–H groups in total. The molecule has 0 aliphatic heterocycles. The number of thiazole rings is 1. The molecule has 4 nitrogen and oxygen atoms in total. The number of para-hydroxylation sites is 1. The molecule has 3 aromatic rings. The van der Waals surface area contributed by atoms with Gasteiger partial charge in [0.15, 0.2) is 0 Å². The van der Waals surface area contributed by atoms with Gasteiger partial charge in [-0.1, -0.05) is 24.3 Å². The van der Waals surface area contributed by atoms with E-state index in [1.54, 1.807) is 23.3 Å². The van der Waals surface area contributed by atoms with E-state index in [0.717, 1.165) is 26.5 Å². The average Bonchev–Trinajstić information content (AvgIpc) is 3.05. The fourth-order valence-corrected chi connectivity index (χ4v) is 3.56. The summed E-state index contributed by atoms with van der Waals surface area (Å²) in [5.41, 5.74) is 1.96. The van der Waals surface area contributed by atoms with Crippen molar-refractivity contribution < 1.29 is 9.53 Å². The van der Waals surface area contributed by atoms with Crippen LogP contribution in [0, 0.1) is 0 Å². The van der Waals surface area contributed by atoms with Crippen LogP contribution in [0.3, 0.4) is 0 Å². The summed E-state index contributed by atoms with van der Waals surface area (Å²) in [5, 5.41) is 0.960. The Balaban J connectivity index is 1.71. The molecule has 0 saturated heterocycles. The van der Waals surface area contributed by atoms with Crippen molar-refractivity contribution in [1.82, 2.24) is 9.88 Å². The predicted molar refractivity (Wildman–Crippen MR) is 97.5 cm³/mol. The van der Waals surface area contributed by atoms with Crippen LogP contribution in [-0.2, 0) is 11.2 Å². The molecule has 0 aliphatic rings. The Labute approximate surface area is 145 Å². The quantitative estimate of drug-likeness (QED) is 0.703. The molecule has 124 valence electrons. The van der Waals surface area contributed by atoms with Crippen LogP contribution in [-0.4, -0.2) is 29.9 Å².